The summed E-state index contributed by atoms with van der Waals surface area (Å²) in [6.07, 6.45) is -6.01. The molecule has 0 bridgehead atoms. The summed E-state index contributed by atoms with van der Waals surface area (Å²) in [5, 5.41) is 55.8. The first-order valence-electron chi connectivity index (χ1n) is 8.42. The molecule has 30 heavy (non-hydrogen) atoms. The monoisotopic (exact) mass is 436 g/mol. The van der Waals surface area contributed by atoms with Crippen molar-refractivity contribution in [1.82, 2.24) is 0 Å². The Morgan fingerprint density at radius 1 is 0.733 bits per heavy atom. The van der Waals surface area contributed by atoms with Crippen LogP contribution in [-0.2, 0) is 28.8 Å². The lowest BCUT2D eigenvalue weighted by atomic mass is 9.73. The zero-order chi connectivity index (χ0) is 24.1. The van der Waals surface area contributed by atoms with Crippen molar-refractivity contribution in [1.29, 1.82) is 0 Å². The zero-order valence-electron chi connectivity index (χ0n) is 15.9. The minimum atomic E-state index is -3.16. The van der Waals surface area contributed by atoms with Gasteiger partial charge in [0.1, 0.15) is 5.54 Å². The molecule has 0 rings (SSSR count). The minimum absolute atomic E-state index is 0.192. The fourth-order valence-corrected chi connectivity index (χ4v) is 2.64. The van der Waals surface area contributed by atoms with Gasteiger partial charge in [0.15, 0.2) is 22.8 Å². The molecule has 0 amide bonds. The van der Waals surface area contributed by atoms with Crippen LogP contribution in [0.2, 0.25) is 0 Å². The van der Waals surface area contributed by atoms with E-state index in [-0.39, 0.29) is 6.42 Å². The Hall–Kier alpha value is -2.94. The number of Topliss-reactive ketones (excluding diaryl/α,β-unsaturated/α-hetero) is 2. The number of rotatable bonds is 14. The van der Waals surface area contributed by atoms with Crippen LogP contribution in [0.25, 0.3) is 0 Å². The van der Waals surface area contributed by atoms with Crippen molar-refractivity contribution in [2.75, 3.05) is 0 Å². The van der Waals surface area contributed by atoms with Gasteiger partial charge >= 0.3 is 23.9 Å². The van der Waals surface area contributed by atoms with Gasteiger partial charge in [0, 0.05) is 18.9 Å². The number of aliphatic carboxylic acids is 4. The molecular formula is C16H24N2O12. The molecule has 0 heterocycles. The number of carboxylic acid groups (broad SMARTS) is 4. The molecule has 10 N–H and O–H groups in total. The van der Waals surface area contributed by atoms with Crippen LogP contribution in [0.4, 0.5) is 0 Å². The van der Waals surface area contributed by atoms with E-state index in [0.29, 0.717) is 0 Å². The number of aliphatic hydroxyl groups is 2. The highest BCUT2D eigenvalue weighted by molar-refractivity contribution is 6.14. The van der Waals surface area contributed by atoms with E-state index < -0.39 is 83.9 Å². The van der Waals surface area contributed by atoms with Gasteiger partial charge in [-0.25, -0.2) is 9.59 Å². The summed E-state index contributed by atoms with van der Waals surface area (Å²) in [5.74, 6) is -10.9. The van der Waals surface area contributed by atoms with Crippen LogP contribution in [0.5, 0.6) is 0 Å². The molecule has 0 saturated heterocycles. The molecule has 3 unspecified atom stereocenters. The molecule has 0 aromatic heterocycles. The van der Waals surface area contributed by atoms with Crippen LogP contribution < -0.4 is 11.5 Å². The smallest absolute Gasteiger partial charge is 0.336 e. The molecule has 14 heteroatoms. The Morgan fingerprint density at radius 2 is 1.03 bits per heavy atom. The standard InChI is InChI=1S/C16H24N2O12/c1-2-7(17)16(18,8(19)3-14(29,12(25)26)5-10(21)22)9(20)4-15(30,13(27)28)6-11(23)24/h7,29-30H,2-6,17-18H2,1H3,(H,21,22)(H,23,24)(H,25,26)(H,27,28). The molecule has 0 aliphatic carbocycles. The molecule has 0 saturated carbocycles. The van der Waals surface area contributed by atoms with Gasteiger partial charge in [-0.15, -0.1) is 0 Å². The maximum atomic E-state index is 12.7. The summed E-state index contributed by atoms with van der Waals surface area (Å²) >= 11 is 0. The van der Waals surface area contributed by atoms with Crippen LogP contribution in [0, 0.1) is 0 Å². The van der Waals surface area contributed by atoms with E-state index in [1.165, 1.54) is 6.92 Å². The second-order valence-electron chi connectivity index (χ2n) is 6.90. The average Bonchev–Trinajstić information content (AvgIpc) is 2.57. The molecule has 0 spiro atoms. The molecule has 170 valence electrons. The fourth-order valence-electron chi connectivity index (χ4n) is 2.64. The van der Waals surface area contributed by atoms with Gasteiger partial charge in [0.05, 0.1) is 12.8 Å². The topological polar surface area (TPSA) is 276 Å². The number of hydrogen-bond donors (Lipinski definition) is 8. The van der Waals surface area contributed by atoms with Crippen LogP contribution in [0.15, 0.2) is 0 Å². The Labute approximate surface area is 169 Å². The highest BCUT2D eigenvalue weighted by atomic mass is 16.4. The predicted molar refractivity (Wildman–Crippen MR) is 94.1 cm³/mol. The van der Waals surface area contributed by atoms with E-state index in [1.54, 1.807) is 0 Å². The molecule has 14 nitrogen and oxygen atoms in total. The van der Waals surface area contributed by atoms with Crippen molar-refractivity contribution >= 4 is 35.4 Å². The van der Waals surface area contributed by atoms with Crippen molar-refractivity contribution in [3.8, 4) is 0 Å². The normalized spacial score (nSPS) is 18.2. The van der Waals surface area contributed by atoms with Crippen molar-refractivity contribution in [2.45, 2.75) is 61.8 Å². The van der Waals surface area contributed by atoms with E-state index in [4.69, 9.17) is 31.9 Å². The average molecular weight is 436 g/mol. The van der Waals surface area contributed by atoms with Gasteiger partial charge in [0.2, 0.25) is 0 Å². The Balaban J connectivity index is 6.16. The number of carbonyl (C=O) groups excluding carboxylic acids is 2. The molecule has 3 atom stereocenters. The molecule has 0 aromatic carbocycles. The van der Waals surface area contributed by atoms with Crippen molar-refractivity contribution in [3.63, 3.8) is 0 Å². The van der Waals surface area contributed by atoms with Crippen molar-refractivity contribution < 1.29 is 59.4 Å². The molecular weight excluding hydrogens is 412 g/mol. The predicted octanol–water partition coefficient (Wildman–Crippen LogP) is -3.08. The lowest BCUT2D eigenvalue weighted by Gasteiger charge is -2.35. The van der Waals surface area contributed by atoms with Crippen molar-refractivity contribution in [2.24, 2.45) is 11.5 Å². The Kier molecular flexibility index (Phi) is 8.76. The third-order valence-electron chi connectivity index (χ3n) is 4.54. The van der Waals surface area contributed by atoms with Gasteiger partial charge in [-0.05, 0) is 6.42 Å². The lowest BCUT2D eigenvalue weighted by Crippen LogP contribution is -2.68. The zero-order valence-corrected chi connectivity index (χ0v) is 15.9. The summed E-state index contributed by atoms with van der Waals surface area (Å²) in [4.78, 5) is 69.6. The first-order valence-corrected chi connectivity index (χ1v) is 8.42. The molecule has 0 fully saturated rings. The van der Waals surface area contributed by atoms with Crippen LogP contribution in [0.1, 0.15) is 39.0 Å². The van der Waals surface area contributed by atoms with Gasteiger partial charge in [-0.3, -0.25) is 19.2 Å². The van der Waals surface area contributed by atoms with Gasteiger partial charge < -0.3 is 42.1 Å². The maximum Gasteiger partial charge on any atom is 0.336 e. The molecule has 0 aliphatic heterocycles. The van der Waals surface area contributed by atoms with Crippen molar-refractivity contribution in [3.05, 3.63) is 0 Å². The lowest BCUT2D eigenvalue weighted by molar-refractivity contribution is -0.170. The Morgan fingerprint density at radius 3 is 1.23 bits per heavy atom. The van der Waals surface area contributed by atoms with Crippen LogP contribution in [0.3, 0.4) is 0 Å². The first kappa shape index (κ1) is 27.1. The highest BCUT2D eigenvalue weighted by Gasteiger charge is 2.54. The van der Waals surface area contributed by atoms with E-state index in [2.05, 4.69) is 0 Å². The van der Waals surface area contributed by atoms with E-state index in [1.807, 2.05) is 0 Å². The second kappa shape index (κ2) is 9.71. The first-order chi connectivity index (χ1) is 13.5. The van der Waals surface area contributed by atoms with Gasteiger partial charge in [-0.2, -0.15) is 0 Å². The van der Waals surface area contributed by atoms with Crippen LogP contribution >= 0.6 is 0 Å². The molecule has 0 aromatic rings. The number of ketones is 2. The maximum absolute atomic E-state index is 12.7. The number of nitrogens with two attached hydrogens (primary N) is 2. The SMILES string of the molecule is CCC(N)C(N)(C(=O)CC(O)(CC(=O)O)C(=O)O)C(=O)CC(O)(CC(=O)O)C(=O)O. The fraction of sp³-hybridized carbons (Fsp3) is 0.625. The summed E-state index contributed by atoms with van der Waals surface area (Å²) in [6, 6.07) is -1.57. The number of hydrogen-bond acceptors (Lipinski definition) is 10. The summed E-state index contributed by atoms with van der Waals surface area (Å²) < 4.78 is 0. The van der Waals surface area contributed by atoms with Crippen LogP contribution in [-0.4, -0.2) is 88.9 Å². The van der Waals surface area contributed by atoms with Gasteiger partial charge in [0.25, 0.3) is 0 Å². The van der Waals surface area contributed by atoms with Gasteiger partial charge in [-0.1, -0.05) is 6.92 Å². The second-order valence-corrected chi connectivity index (χ2v) is 6.90. The quantitative estimate of drug-likeness (QED) is 0.125. The molecule has 0 radical (unpaired) electrons. The summed E-state index contributed by atoms with van der Waals surface area (Å²) in [6.45, 7) is 1.36. The summed E-state index contributed by atoms with van der Waals surface area (Å²) in [7, 11) is 0. The third kappa shape index (κ3) is 6.03. The minimum Gasteiger partial charge on any atom is -0.481 e. The highest BCUT2D eigenvalue weighted by Crippen LogP contribution is 2.27. The Bertz CT molecular complexity index is 697. The van der Waals surface area contributed by atoms with E-state index in [9.17, 15) is 39.0 Å². The molecule has 0 aliphatic rings. The number of carbonyl (C=O) groups is 6. The summed E-state index contributed by atoms with van der Waals surface area (Å²) in [5.41, 5.74) is 2.31. The van der Waals surface area contributed by atoms with E-state index in [0.717, 1.165) is 0 Å². The third-order valence-corrected chi connectivity index (χ3v) is 4.54. The largest absolute Gasteiger partial charge is 0.481 e. The number of carboxylic acids is 4. The van der Waals surface area contributed by atoms with E-state index >= 15 is 0 Å².